The van der Waals surface area contributed by atoms with E-state index in [-0.39, 0.29) is 24.4 Å². The third kappa shape index (κ3) is 5.52. The van der Waals surface area contributed by atoms with Crippen LogP contribution in [0, 0.1) is 5.92 Å². The van der Waals surface area contributed by atoms with Gasteiger partial charge in [0.1, 0.15) is 12.1 Å². The first kappa shape index (κ1) is 18.2. The van der Waals surface area contributed by atoms with Crippen LogP contribution in [0.1, 0.15) is 27.7 Å². The fourth-order valence-electron chi connectivity index (χ4n) is 1.85. The Balaban J connectivity index is 2.47. The van der Waals surface area contributed by atoms with Gasteiger partial charge in [-0.15, -0.1) is 0 Å². The van der Waals surface area contributed by atoms with E-state index in [1.165, 1.54) is 0 Å². The molecule has 0 spiro atoms. The Morgan fingerprint density at radius 1 is 1.41 bits per heavy atom. The van der Waals surface area contributed by atoms with Gasteiger partial charge in [-0.1, -0.05) is 30.7 Å². The minimum atomic E-state index is -0.656. The minimum absolute atomic E-state index is 0.201. The largest absolute Gasteiger partial charge is 0.444 e. The van der Waals surface area contributed by atoms with Crippen molar-refractivity contribution in [1.82, 2.24) is 10.6 Å². The van der Waals surface area contributed by atoms with E-state index in [0.717, 1.165) is 0 Å². The fourth-order valence-corrected chi connectivity index (χ4v) is 2.09. The average Bonchev–Trinajstić information content (AvgIpc) is 2.40. The van der Waals surface area contributed by atoms with Gasteiger partial charge in [-0.2, -0.15) is 0 Å². The smallest absolute Gasteiger partial charge is 0.408 e. The highest BCUT2D eigenvalue weighted by Crippen LogP contribution is 2.27. The number of halogens is 1. The van der Waals surface area contributed by atoms with Crippen molar-refractivity contribution in [2.75, 3.05) is 6.54 Å². The molecule has 0 saturated carbocycles. The van der Waals surface area contributed by atoms with Crippen LogP contribution in [0.2, 0.25) is 0 Å². The molecular formula is C15H21ClN2O4. The van der Waals surface area contributed by atoms with Crippen molar-refractivity contribution in [1.29, 1.82) is 0 Å². The van der Waals surface area contributed by atoms with Crippen molar-refractivity contribution in [2.24, 2.45) is 5.92 Å². The lowest BCUT2D eigenvalue weighted by Gasteiger charge is -2.26. The lowest BCUT2D eigenvalue weighted by molar-refractivity contribution is -0.120. The molecule has 0 bridgehead atoms. The molecule has 2 N–H and O–H groups in total. The third-order valence-electron chi connectivity index (χ3n) is 2.94. The summed E-state index contributed by atoms with van der Waals surface area (Å²) < 4.78 is 5.03. The van der Waals surface area contributed by atoms with E-state index in [1.54, 1.807) is 32.9 Å². The van der Waals surface area contributed by atoms with Crippen LogP contribution in [0.15, 0.2) is 22.8 Å². The van der Waals surface area contributed by atoms with Crippen molar-refractivity contribution in [2.45, 2.75) is 39.3 Å². The molecule has 7 heteroatoms. The number of allylic oxidation sites excluding steroid dienone is 2. The first-order valence-electron chi connectivity index (χ1n) is 6.93. The molecule has 2 unspecified atom stereocenters. The molecule has 2 amide bonds. The van der Waals surface area contributed by atoms with Crippen LogP contribution in [0.25, 0.3) is 0 Å². The van der Waals surface area contributed by atoms with Crippen molar-refractivity contribution in [3.05, 3.63) is 22.8 Å². The molecule has 122 valence electrons. The van der Waals surface area contributed by atoms with Gasteiger partial charge in [0, 0.05) is 16.5 Å². The van der Waals surface area contributed by atoms with E-state index < -0.39 is 11.7 Å². The van der Waals surface area contributed by atoms with Gasteiger partial charge in [0.25, 0.3) is 0 Å². The summed E-state index contributed by atoms with van der Waals surface area (Å²) in [5.41, 5.74) is -0.211. The molecule has 0 aromatic heterocycles. The van der Waals surface area contributed by atoms with Gasteiger partial charge in [0.15, 0.2) is 6.29 Å². The summed E-state index contributed by atoms with van der Waals surface area (Å²) >= 11 is 6.07. The van der Waals surface area contributed by atoms with Gasteiger partial charge in [0.05, 0.1) is 6.04 Å². The summed E-state index contributed by atoms with van der Waals surface area (Å²) in [6.07, 6.45) is 3.29. The standard InChI is InChI=1S/C15H21ClN2O4/c1-9-11(6-5-10(8-19)13(9)16)18-12(20)7-17-14(21)22-15(2,3)4/h5-6,8-9,11H,7H2,1-4H3,(H,17,21)(H,18,20). The van der Waals surface area contributed by atoms with Crippen LogP contribution in [0.5, 0.6) is 0 Å². The zero-order valence-electron chi connectivity index (χ0n) is 13.1. The highest BCUT2D eigenvalue weighted by atomic mass is 35.5. The number of hydrogen-bond acceptors (Lipinski definition) is 4. The molecule has 0 aliphatic heterocycles. The number of amides is 2. The number of carbonyl (C=O) groups excluding carboxylic acids is 3. The van der Waals surface area contributed by atoms with Crippen molar-refractivity contribution in [3.63, 3.8) is 0 Å². The highest BCUT2D eigenvalue weighted by Gasteiger charge is 2.25. The number of hydrogen-bond donors (Lipinski definition) is 2. The predicted molar refractivity (Wildman–Crippen MR) is 83.4 cm³/mol. The molecular weight excluding hydrogens is 308 g/mol. The van der Waals surface area contributed by atoms with Crippen molar-refractivity contribution < 1.29 is 19.1 Å². The first-order chi connectivity index (χ1) is 10.1. The molecule has 6 nitrogen and oxygen atoms in total. The zero-order valence-corrected chi connectivity index (χ0v) is 13.9. The van der Waals surface area contributed by atoms with E-state index in [2.05, 4.69) is 10.6 Å². The average molecular weight is 329 g/mol. The maximum absolute atomic E-state index is 11.8. The molecule has 0 saturated heterocycles. The second-order valence-electron chi connectivity index (χ2n) is 6.02. The Labute approximate surface area is 134 Å². The van der Waals surface area contributed by atoms with E-state index >= 15 is 0 Å². The van der Waals surface area contributed by atoms with E-state index in [4.69, 9.17) is 16.3 Å². The van der Waals surface area contributed by atoms with Gasteiger partial charge in [-0.05, 0) is 20.8 Å². The summed E-state index contributed by atoms with van der Waals surface area (Å²) in [5, 5.41) is 5.51. The maximum atomic E-state index is 11.8. The fraction of sp³-hybridized carbons (Fsp3) is 0.533. The summed E-state index contributed by atoms with van der Waals surface area (Å²) in [6.45, 7) is 6.82. The van der Waals surface area contributed by atoms with Gasteiger partial charge < -0.3 is 15.4 Å². The molecule has 22 heavy (non-hydrogen) atoms. The maximum Gasteiger partial charge on any atom is 0.408 e. The van der Waals surface area contributed by atoms with Crippen LogP contribution in [0.4, 0.5) is 4.79 Å². The van der Waals surface area contributed by atoms with Gasteiger partial charge in [-0.25, -0.2) is 4.79 Å². The molecule has 0 aromatic carbocycles. The molecule has 2 atom stereocenters. The van der Waals surface area contributed by atoms with Crippen LogP contribution in [-0.4, -0.2) is 36.5 Å². The monoisotopic (exact) mass is 328 g/mol. The Morgan fingerprint density at radius 3 is 2.59 bits per heavy atom. The molecule has 1 aliphatic carbocycles. The molecule has 0 aromatic rings. The van der Waals surface area contributed by atoms with Crippen LogP contribution in [-0.2, 0) is 14.3 Å². The topological polar surface area (TPSA) is 84.5 Å². The predicted octanol–water partition coefficient (Wildman–Crippen LogP) is 1.89. The van der Waals surface area contributed by atoms with E-state index in [0.29, 0.717) is 16.9 Å². The first-order valence-corrected chi connectivity index (χ1v) is 7.31. The lowest BCUT2D eigenvalue weighted by Crippen LogP contribution is -2.45. The minimum Gasteiger partial charge on any atom is -0.444 e. The summed E-state index contributed by atoms with van der Waals surface area (Å²) in [6, 6.07) is -0.330. The molecule has 0 radical (unpaired) electrons. The third-order valence-corrected chi connectivity index (χ3v) is 3.51. The van der Waals surface area contributed by atoms with Crippen LogP contribution in [0.3, 0.4) is 0 Å². The van der Waals surface area contributed by atoms with Crippen LogP contribution < -0.4 is 10.6 Å². The lowest BCUT2D eigenvalue weighted by atomic mass is 9.93. The number of rotatable bonds is 4. The van der Waals surface area contributed by atoms with Crippen molar-refractivity contribution in [3.8, 4) is 0 Å². The highest BCUT2D eigenvalue weighted by molar-refractivity contribution is 6.32. The molecule has 0 heterocycles. The van der Waals surface area contributed by atoms with Gasteiger partial charge in [0.2, 0.25) is 5.91 Å². The quantitative estimate of drug-likeness (QED) is 0.772. The molecule has 0 fully saturated rings. The Bertz CT molecular complexity index is 520. The van der Waals surface area contributed by atoms with Gasteiger partial charge in [-0.3, -0.25) is 9.59 Å². The Kier molecular flexibility index (Phi) is 6.17. The number of alkyl carbamates (subject to hydrolysis) is 1. The molecule has 1 rings (SSSR count). The Morgan fingerprint density at radius 2 is 2.05 bits per heavy atom. The second-order valence-corrected chi connectivity index (χ2v) is 6.42. The van der Waals surface area contributed by atoms with Gasteiger partial charge >= 0.3 is 6.09 Å². The van der Waals surface area contributed by atoms with E-state index in [9.17, 15) is 14.4 Å². The number of carbonyl (C=O) groups is 3. The van der Waals surface area contributed by atoms with Crippen LogP contribution >= 0.6 is 11.6 Å². The zero-order chi connectivity index (χ0) is 16.9. The molecule has 1 aliphatic rings. The van der Waals surface area contributed by atoms with Crippen molar-refractivity contribution >= 4 is 29.9 Å². The SMILES string of the molecule is CC1C(Cl)=C(C=O)C=CC1NC(=O)CNC(=O)OC(C)(C)C. The number of aldehydes is 1. The number of ether oxygens (including phenoxy) is 1. The number of nitrogens with one attached hydrogen (secondary N) is 2. The summed E-state index contributed by atoms with van der Waals surface area (Å²) in [7, 11) is 0. The summed E-state index contributed by atoms with van der Waals surface area (Å²) in [5.74, 6) is -0.580. The second kappa shape index (κ2) is 7.45. The summed E-state index contributed by atoms with van der Waals surface area (Å²) in [4.78, 5) is 34.1. The van der Waals surface area contributed by atoms with E-state index in [1.807, 2.05) is 6.92 Å². The normalized spacial score (nSPS) is 21.3. The Hall–Kier alpha value is -1.82.